The van der Waals surface area contributed by atoms with Crippen molar-refractivity contribution in [1.82, 2.24) is 0 Å². The summed E-state index contributed by atoms with van der Waals surface area (Å²) < 4.78 is 0. The molecular formula is C44H34N2. The summed E-state index contributed by atoms with van der Waals surface area (Å²) in [5.41, 5.74) is 12.0. The van der Waals surface area contributed by atoms with E-state index in [9.17, 15) is 0 Å². The van der Waals surface area contributed by atoms with Gasteiger partial charge in [-0.2, -0.15) is 0 Å². The van der Waals surface area contributed by atoms with E-state index in [1.54, 1.807) is 0 Å². The number of benzene rings is 7. The van der Waals surface area contributed by atoms with Gasteiger partial charge in [0.1, 0.15) is 0 Å². The van der Waals surface area contributed by atoms with Gasteiger partial charge in [-0.05, 0) is 119 Å². The first-order chi connectivity index (χ1) is 22.8. The van der Waals surface area contributed by atoms with Gasteiger partial charge < -0.3 is 9.80 Å². The van der Waals surface area contributed by atoms with Crippen LogP contribution in [0.2, 0.25) is 0 Å². The van der Waals surface area contributed by atoms with Crippen molar-refractivity contribution in [3.63, 3.8) is 0 Å². The predicted octanol–water partition coefficient (Wildman–Crippen LogP) is 12.4. The molecule has 220 valence electrons. The van der Waals surface area contributed by atoms with Crippen LogP contribution < -0.4 is 9.80 Å². The third kappa shape index (κ3) is 5.46. The van der Waals surface area contributed by atoms with Gasteiger partial charge in [0, 0.05) is 34.1 Å². The van der Waals surface area contributed by atoms with Crippen LogP contribution in [0.1, 0.15) is 17.5 Å². The summed E-state index contributed by atoms with van der Waals surface area (Å²) in [4.78, 5) is 4.67. The maximum absolute atomic E-state index is 2.34. The smallest absolute Gasteiger partial charge is 0.0468 e. The van der Waals surface area contributed by atoms with Crippen molar-refractivity contribution in [2.24, 2.45) is 0 Å². The third-order valence-electron chi connectivity index (χ3n) is 8.87. The minimum atomic E-state index is 1.11. The van der Waals surface area contributed by atoms with Crippen LogP contribution in [-0.4, -0.2) is 0 Å². The quantitative estimate of drug-likeness (QED) is 0.182. The van der Waals surface area contributed by atoms with Crippen LogP contribution in [0.25, 0.3) is 28.0 Å². The molecule has 0 fully saturated rings. The lowest BCUT2D eigenvalue weighted by atomic mass is 9.96. The summed E-state index contributed by atoms with van der Waals surface area (Å²) in [7, 11) is 0. The van der Waals surface area contributed by atoms with Gasteiger partial charge in [0.2, 0.25) is 0 Å². The van der Waals surface area contributed by atoms with Crippen LogP contribution in [0.3, 0.4) is 0 Å². The van der Waals surface area contributed by atoms with E-state index in [2.05, 4.69) is 192 Å². The molecule has 0 aromatic heterocycles. The number of para-hydroxylation sites is 2. The maximum Gasteiger partial charge on any atom is 0.0468 e. The summed E-state index contributed by atoms with van der Waals surface area (Å²) in [6.45, 7) is 0. The van der Waals surface area contributed by atoms with E-state index in [1.165, 1.54) is 38.7 Å². The molecule has 0 heterocycles. The Balaban J connectivity index is 1.12. The molecule has 0 saturated carbocycles. The van der Waals surface area contributed by atoms with Crippen LogP contribution in [0, 0.1) is 0 Å². The second-order valence-electron chi connectivity index (χ2n) is 11.8. The number of anilines is 6. The van der Waals surface area contributed by atoms with E-state index >= 15 is 0 Å². The Bertz CT molecular complexity index is 2130. The number of fused-ring (bicyclic) bond motifs is 2. The minimum absolute atomic E-state index is 1.11. The van der Waals surface area contributed by atoms with Gasteiger partial charge in [-0.3, -0.25) is 0 Å². The fraction of sp³-hybridized carbons (Fsp3) is 0.0455. The fourth-order valence-corrected chi connectivity index (χ4v) is 6.52. The number of aryl methyl sites for hydroxylation is 1. The molecule has 0 atom stereocenters. The number of hydrogen-bond donors (Lipinski definition) is 0. The fourth-order valence-electron chi connectivity index (χ4n) is 6.52. The molecule has 1 aliphatic carbocycles. The average molecular weight is 591 g/mol. The van der Waals surface area contributed by atoms with Gasteiger partial charge in [0.25, 0.3) is 0 Å². The monoisotopic (exact) mass is 590 g/mol. The lowest BCUT2D eigenvalue weighted by Crippen LogP contribution is -2.10. The lowest BCUT2D eigenvalue weighted by Gasteiger charge is -2.27. The summed E-state index contributed by atoms with van der Waals surface area (Å²) >= 11 is 0. The van der Waals surface area contributed by atoms with E-state index in [0.717, 1.165) is 41.3 Å². The Morgan fingerprint density at radius 2 is 0.848 bits per heavy atom. The van der Waals surface area contributed by atoms with E-state index < -0.39 is 0 Å². The third-order valence-corrected chi connectivity index (χ3v) is 8.87. The Morgan fingerprint density at radius 1 is 0.370 bits per heavy atom. The molecule has 0 N–H and O–H groups in total. The number of rotatable bonds is 7. The van der Waals surface area contributed by atoms with Crippen molar-refractivity contribution in [3.8, 4) is 11.1 Å². The average Bonchev–Trinajstić information content (AvgIpc) is 3.13. The molecule has 7 aromatic rings. The van der Waals surface area contributed by atoms with Gasteiger partial charge in [-0.25, -0.2) is 0 Å². The molecule has 0 bridgehead atoms. The van der Waals surface area contributed by atoms with Crippen LogP contribution in [-0.2, 0) is 6.42 Å². The molecule has 0 aliphatic heterocycles. The first kappa shape index (κ1) is 27.7. The molecule has 7 aromatic carbocycles. The van der Waals surface area contributed by atoms with Crippen molar-refractivity contribution < 1.29 is 0 Å². The second-order valence-corrected chi connectivity index (χ2v) is 11.8. The van der Waals surface area contributed by atoms with E-state index in [1.807, 2.05) is 0 Å². The minimum Gasteiger partial charge on any atom is -0.310 e. The molecule has 0 spiro atoms. The highest BCUT2D eigenvalue weighted by atomic mass is 15.1. The standard InChI is InChI=1S/C44H34N2/c1-3-15-39(16-4-1)45(43-29-23-33-11-7-9-13-37(33)31-43)41-25-19-35(20-26-41)36-21-27-42(28-22-36)46(40-17-5-2-6-18-40)44-30-24-34-12-8-10-14-38(34)32-44/h1-7,9-11,13-32H,8,12H2. The van der Waals surface area contributed by atoms with E-state index in [0.29, 0.717) is 0 Å². The SMILES string of the molecule is C1=Cc2cc(N(c3ccccc3)c3ccc(-c4ccc(N(c5ccccc5)c5ccc6ccccc6c5)cc4)cc3)ccc2CC1. The van der Waals surface area contributed by atoms with Crippen molar-refractivity contribution >= 4 is 51.0 Å². The van der Waals surface area contributed by atoms with Crippen LogP contribution in [0.4, 0.5) is 34.1 Å². The predicted molar refractivity (Wildman–Crippen MR) is 196 cm³/mol. The molecular weight excluding hydrogens is 556 g/mol. The summed E-state index contributed by atoms with van der Waals surface area (Å²) in [6, 6.07) is 61.1. The van der Waals surface area contributed by atoms with Gasteiger partial charge >= 0.3 is 0 Å². The Morgan fingerprint density at radius 3 is 1.46 bits per heavy atom. The molecule has 1 aliphatic rings. The zero-order valence-corrected chi connectivity index (χ0v) is 25.6. The van der Waals surface area contributed by atoms with Gasteiger partial charge in [-0.15, -0.1) is 0 Å². The molecule has 0 saturated heterocycles. The van der Waals surface area contributed by atoms with E-state index in [-0.39, 0.29) is 0 Å². The highest BCUT2D eigenvalue weighted by Crippen LogP contribution is 2.39. The second kappa shape index (κ2) is 12.3. The normalized spacial score (nSPS) is 12.1. The number of allylic oxidation sites excluding steroid dienone is 1. The van der Waals surface area contributed by atoms with Crippen LogP contribution >= 0.6 is 0 Å². The molecule has 46 heavy (non-hydrogen) atoms. The topological polar surface area (TPSA) is 6.48 Å². The van der Waals surface area contributed by atoms with Gasteiger partial charge in [-0.1, -0.05) is 109 Å². The Hall–Kier alpha value is -5.86. The summed E-state index contributed by atoms with van der Waals surface area (Å²) in [5.74, 6) is 0. The molecule has 2 nitrogen and oxygen atoms in total. The number of hydrogen-bond acceptors (Lipinski definition) is 2. The molecule has 0 unspecified atom stereocenters. The molecule has 2 heteroatoms. The first-order valence-corrected chi connectivity index (χ1v) is 16.0. The van der Waals surface area contributed by atoms with E-state index in [4.69, 9.17) is 0 Å². The van der Waals surface area contributed by atoms with Crippen molar-refractivity contribution in [3.05, 3.63) is 187 Å². The molecule has 0 amide bonds. The van der Waals surface area contributed by atoms with Crippen molar-refractivity contribution in [2.75, 3.05) is 9.80 Å². The van der Waals surface area contributed by atoms with Gasteiger partial charge in [0.15, 0.2) is 0 Å². The lowest BCUT2D eigenvalue weighted by molar-refractivity contribution is 0.985. The highest BCUT2D eigenvalue weighted by Gasteiger charge is 2.16. The zero-order chi connectivity index (χ0) is 30.7. The first-order valence-electron chi connectivity index (χ1n) is 16.0. The van der Waals surface area contributed by atoms with Crippen LogP contribution in [0.5, 0.6) is 0 Å². The Labute approximate surface area is 271 Å². The Kier molecular flexibility index (Phi) is 7.38. The largest absolute Gasteiger partial charge is 0.310 e. The molecule has 8 rings (SSSR count). The van der Waals surface area contributed by atoms with Crippen LogP contribution in [0.15, 0.2) is 176 Å². The van der Waals surface area contributed by atoms with Gasteiger partial charge in [0.05, 0.1) is 0 Å². The molecule has 0 radical (unpaired) electrons. The van der Waals surface area contributed by atoms with Crippen molar-refractivity contribution in [2.45, 2.75) is 12.8 Å². The number of nitrogens with zero attached hydrogens (tertiary/aromatic N) is 2. The highest BCUT2D eigenvalue weighted by molar-refractivity contribution is 5.89. The van der Waals surface area contributed by atoms with Crippen molar-refractivity contribution in [1.29, 1.82) is 0 Å². The maximum atomic E-state index is 2.34. The zero-order valence-electron chi connectivity index (χ0n) is 25.6. The summed E-state index contributed by atoms with van der Waals surface area (Å²) in [6.07, 6.45) is 6.76. The summed E-state index contributed by atoms with van der Waals surface area (Å²) in [5, 5.41) is 2.47.